The topological polar surface area (TPSA) is 81.4 Å². The van der Waals surface area contributed by atoms with Crippen LogP contribution >= 0.6 is 11.8 Å². The van der Waals surface area contributed by atoms with Gasteiger partial charge < -0.3 is 10.1 Å². The molecule has 0 bridgehead atoms. The lowest BCUT2D eigenvalue weighted by molar-refractivity contribution is -0.118. The van der Waals surface area contributed by atoms with Crippen LogP contribution in [0.2, 0.25) is 0 Å². The first-order chi connectivity index (χ1) is 14.6. The van der Waals surface area contributed by atoms with Gasteiger partial charge in [-0.3, -0.25) is 4.79 Å². The third-order valence-corrected chi connectivity index (χ3v) is 5.27. The van der Waals surface area contributed by atoms with Crippen molar-refractivity contribution in [1.82, 2.24) is 25.1 Å². The summed E-state index contributed by atoms with van der Waals surface area (Å²) in [5, 5.41) is 16.2. The molecule has 2 aromatic carbocycles. The SMILES string of the molecule is COc1ccc(-c2ccc3nnc(SCC(=O)NCc4ccc(F)cc4)n3n2)cc1. The monoisotopic (exact) mass is 423 g/mol. The molecule has 7 nitrogen and oxygen atoms in total. The molecule has 4 aromatic rings. The fraction of sp³-hybridized carbons (Fsp3) is 0.143. The highest BCUT2D eigenvalue weighted by Gasteiger charge is 2.12. The molecule has 152 valence electrons. The minimum atomic E-state index is -0.305. The van der Waals surface area contributed by atoms with Gasteiger partial charge in [-0.25, -0.2) is 4.39 Å². The maximum absolute atomic E-state index is 12.9. The van der Waals surface area contributed by atoms with E-state index in [1.807, 2.05) is 36.4 Å². The number of aromatic nitrogens is 4. The van der Waals surface area contributed by atoms with E-state index < -0.39 is 0 Å². The average Bonchev–Trinajstić information content (AvgIpc) is 3.19. The van der Waals surface area contributed by atoms with Crippen LogP contribution in [0.5, 0.6) is 5.75 Å². The lowest BCUT2D eigenvalue weighted by Crippen LogP contribution is -2.24. The van der Waals surface area contributed by atoms with E-state index in [2.05, 4.69) is 20.6 Å². The van der Waals surface area contributed by atoms with E-state index >= 15 is 0 Å². The molecule has 0 radical (unpaired) electrons. The number of benzene rings is 2. The highest BCUT2D eigenvalue weighted by Crippen LogP contribution is 2.22. The molecule has 0 aliphatic heterocycles. The Balaban J connectivity index is 1.42. The molecule has 2 aromatic heterocycles. The van der Waals surface area contributed by atoms with Crippen molar-refractivity contribution in [3.8, 4) is 17.0 Å². The number of methoxy groups -OCH3 is 1. The van der Waals surface area contributed by atoms with Crippen molar-refractivity contribution in [3.63, 3.8) is 0 Å². The molecule has 0 saturated carbocycles. The van der Waals surface area contributed by atoms with Gasteiger partial charge in [-0.15, -0.1) is 10.2 Å². The predicted octanol–water partition coefficient (Wildman–Crippen LogP) is 3.35. The summed E-state index contributed by atoms with van der Waals surface area (Å²) in [4.78, 5) is 12.2. The van der Waals surface area contributed by atoms with E-state index in [1.165, 1.54) is 23.9 Å². The molecule has 0 atom stereocenters. The van der Waals surface area contributed by atoms with Crippen LogP contribution in [-0.2, 0) is 11.3 Å². The van der Waals surface area contributed by atoms with E-state index in [0.717, 1.165) is 22.6 Å². The van der Waals surface area contributed by atoms with E-state index in [9.17, 15) is 9.18 Å². The number of nitrogens with one attached hydrogen (secondary N) is 1. The number of amides is 1. The van der Waals surface area contributed by atoms with Gasteiger partial charge in [-0.1, -0.05) is 23.9 Å². The number of hydrogen-bond acceptors (Lipinski definition) is 6. The van der Waals surface area contributed by atoms with Crippen LogP contribution in [0.15, 0.2) is 65.8 Å². The third kappa shape index (κ3) is 4.57. The van der Waals surface area contributed by atoms with Gasteiger partial charge >= 0.3 is 0 Å². The quantitative estimate of drug-likeness (QED) is 0.459. The Morgan fingerprint density at radius 1 is 1.07 bits per heavy atom. The van der Waals surface area contributed by atoms with Gasteiger partial charge in [0.2, 0.25) is 11.1 Å². The third-order valence-electron chi connectivity index (χ3n) is 4.36. The van der Waals surface area contributed by atoms with E-state index in [1.54, 1.807) is 23.8 Å². The van der Waals surface area contributed by atoms with Crippen LogP contribution < -0.4 is 10.1 Å². The van der Waals surface area contributed by atoms with Gasteiger partial charge in [0.25, 0.3) is 0 Å². The van der Waals surface area contributed by atoms with Gasteiger partial charge in [0.05, 0.1) is 18.6 Å². The number of halogens is 1. The smallest absolute Gasteiger partial charge is 0.230 e. The summed E-state index contributed by atoms with van der Waals surface area (Å²) in [6.07, 6.45) is 0. The van der Waals surface area contributed by atoms with E-state index in [0.29, 0.717) is 17.3 Å². The van der Waals surface area contributed by atoms with Crippen molar-refractivity contribution < 1.29 is 13.9 Å². The summed E-state index contributed by atoms with van der Waals surface area (Å²) < 4.78 is 19.8. The zero-order valence-corrected chi connectivity index (χ0v) is 16.9. The van der Waals surface area contributed by atoms with Crippen molar-refractivity contribution in [3.05, 3.63) is 72.0 Å². The Bertz CT molecular complexity index is 1160. The second kappa shape index (κ2) is 8.91. The first kappa shape index (κ1) is 19.8. The molecule has 0 aliphatic carbocycles. The van der Waals surface area contributed by atoms with Crippen LogP contribution in [0.1, 0.15) is 5.56 Å². The van der Waals surface area contributed by atoms with Crippen LogP contribution in [0.25, 0.3) is 16.9 Å². The average molecular weight is 423 g/mol. The standard InChI is InChI=1S/C21H18FN5O2S/c1-29-17-8-4-15(5-9-17)18-10-11-19-24-25-21(27(19)26-18)30-13-20(28)23-12-14-2-6-16(22)7-3-14/h2-11H,12-13H2,1H3,(H,23,28). The highest BCUT2D eigenvalue weighted by atomic mass is 32.2. The molecule has 0 saturated heterocycles. The first-order valence-electron chi connectivity index (χ1n) is 9.13. The molecule has 0 spiro atoms. The molecule has 1 N–H and O–H groups in total. The molecule has 9 heteroatoms. The molecule has 1 amide bonds. The number of ether oxygens (including phenoxy) is 1. The lowest BCUT2D eigenvalue weighted by atomic mass is 10.1. The number of nitrogens with zero attached hydrogens (tertiary/aromatic N) is 4. The van der Waals surface area contributed by atoms with E-state index in [4.69, 9.17) is 4.74 Å². The normalized spacial score (nSPS) is 10.9. The molecule has 30 heavy (non-hydrogen) atoms. The predicted molar refractivity (Wildman–Crippen MR) is 112 cm³/mol. The van der Waals surface area contributed by atoms with Crippen molar-refractivity contribution in [2.45, 2.75) is 11.7 Å². The van der Waals surface area contributed by atoms with Crippen molar-refractivity contribution in [2.24, 2.45) is 0 Å². The summed E-state index contributed by atoms with van der Waals surface area (Å²) in [5.74, 6) is 0.469. The fourth-order valence-corrected chi connectivity index (χ4v) is 3.48. The maximum atomic E-state index is 12.9. The molecule has 4 rings (SSSR count). The number of fused-ring (bicyclic) bond motifs is 1. The summed E-state index contributed by atoms with van der Waals surface area (Å²) in [7, 11) is 1.62. The first-order valence-corrected chi connectivity index (χ1v) is 10.1. The largest absolute Gasteiger partial charge is 0.497 e. The number of rotatable bonds is 7. The minimum Gasteiger partial charge on any atom is -0.497 e. The van der Waals surface area contributed by atoms with Gasteiger partial charge in [0, 0.05) is 12.1 Å². The number of thioether (sulfide) groups is 1. The summed E-state index contributed by atoms with van der Waals surface area (Å²) in [6.45, 7) is 0.333. The second-order valence-electron chi connectivity index (χ2n) is 6.39. The van der Waals surface area contributed by atoms with E-state index in [-0.39, 0.29) is 17.5 Å². The van der Waals surface area contributed by atoms with Crippen LogP contribution in [0.4, 0.5) is 4.39 Å². The zero-order valence-electron chi connectivity index (χ0n) is 16.1. The molecular weight excluding hydrogens is 405 g/mol. The summed E-state index contributed by atoms with van der Waals surface area (Å²) in [6, 6.07) is 17.3. The van der Waals surface area contributed by atoms with Gasteiger partial charge in [-0.05, 0) is 54.1 Å². The Hall–Kier alpha value is -3.46. The van der Waals surface area contributed by atoms with Gasteiger partial charge in [-0.2, -0.15) is 9.61 Å². The van der Waals surface area contributed by atoms with Crippen molar-refractivity contribution in [2.75, 3.05) is 12.9 Å². The number of carbonyl (C=O) groups excluding carboxylic acids is 1. The molecule has 0 unspecified atom stereocenters. The minimum absolute atomic E-state index is 0.160. The fourth-order valence-electron chi connectivity index (χ4n) is 2.76. The Morgan fingerprint density at radius 2 is 1.83 bits per heavy atom. The zero-order chi connectivity index (χ0) is 20.9. The van der Waals surface area contributed by atoms with Gasteiger partial charge in [0.1, 0.15) is 11.6 Å². The van der Waals surface area contributed by atoms with Crippen molar-refractivity contribution >= 4 is 23.3 Å². The lowest BCUT2D eigenvalue weighted by Gasteiger charge is -2.06. The van der Waals surface area contributed by atoms with Crippen LogP contribution in [-0.4, -0.2) is 38.6 Å². The summed E-state index contributed by atoms with van der Waals surface area (Å²) >= 11 is 1.25. The Kier molecular flexibility index (Phi) is 5.89. The molecule has 0 aliphatic rings. The number of hydrogen-bond donors (Lipinski definition) is 1. The number of carbonyl (C=O) groups is 1. The van der Waals surface area contributed by atoms with Crippen LogP contribution in [0, 0.1) is 5.82 Å². The molecule has 2 heterocycles. The second-order valence-corrected chi connectivity index (χ2v) is 7.33. The highest BCUT2D eigenvalue weighted by molar-refractivity contribution is 7.99. The maximum Gasteiger partial charge on any atom is 0.230 e. The Morgan fingerprint density at radius 3 is 2.57 bits per heavy atom. The van der Waals surface area contributed by atoms with Gasteiger partial charge in [0.15, 0.2) is 5.65 Å². The van der Waals surface area contributed by atoms with Crippen LogP contribution in [0.3, 0.4) is 0 Å². The van der Waals surface area contributed by atoms with Crippen molar-refractivity contribution in [1.29, 1.82) is 0 Å². The Labute approximate surface area is 176 Å². The molecule has 0 fully saturated rings. The summed E-state index contributed by atoms with van der Waals surface area (Å²) in [5.41, 5.74) is 3.11. The molecular formula is C21H18FN5O2S.